The number of benzene rings is 1. The molecule has 1 spiro atoms. The molecule has 11 heteroatoms. The number of imidazole rings is 1. The van der Waals surface area contributed by atoms with E-state index in [2.05, 4.69) is 19.9 Å². The molecule has 4 atom stereocenters. The molecule has 2 fully saturated rings. The second-order valence-electron chi connectivity index (χ2n) is 8.81. The van der Waals surface area contributed by atoms with Crippen LogP contribution in [0, 0.1) is 5.82 Å². The Bertz CT molecular complexity index is 1220. The number of aryl methyl sites for hydroxylation is 1. The molecule has 0 radical (unpaired) electrons. The zero-order chi connectivity index (χ0) is 22.2. The Morgan fingerprint density at radius 3 is 2.78 bits per heavy atom. The van der Waals surface area contributed by atoms with Crippen LogP contribution in [0.1, 0.15) is 23.8 Å². The molecule has 1 unspecified atom stereocenters. The molecule has 1 aliphatic carbocycles. The lowest BCUT2D eigenvalue weighted by Gasteiger charge is -2.49. The van der Waals surface area contributed by atoms with E-state index in [1.165, 1.54) is 22.5 Å². The standard InChI is InChI=1S/C21H21ClFN5O4/c22-20-25-17(27-7-21(8-27)4-3-10-5-11(23)1-2-12(10)21)14-18(26-20)28(9-24-14)19-16(31)15(30)13(6-29)32-19/h1-2,5,9,13,15-16,19,29-31H,3-4,6-8H2/t13-,15?,16+,19-/m1/s1. The van der Waals surface area contributed by atoms with Gasteiger partial charge in [-0.15, -0.1) is 0 Å². The highest BCUT2D eigenvalue weighted by Gasteiger charge is 2.50. The van der Waals surface area contributed by atoms with Crippen molar-refractivity contribution in [2.24, 2.45) is 0 Å². The van der Waals surface area contributed by atoms with Crippen LogP contribution in [0.5, 0.6) is 0 Å². The molecule has 1 aromatic carbocycles. The smallest absolute Gasteiger partial charge is 0.226 e. The summed E-state index contributed by atoms with van der Waals surface area (Å²) in [6, 6.07) is 5.01. The Labute approximate surface area is 187 Å². The van der Waals surface area contributed by atoms with Crippen LogP contribution in [0.4, 0.5) is 10.2 Å². The van der Waals surface area contributed by atoms with Crippen molar-refractivity contribution in [3.05, 3.63) is 46.8 Å². The molecule has 2 saturated heterocycles. The number of hydrogen-bond acceptors (Lipinski definition) is 8. The van der Waals surface area contributed by atoms with Crippen LogP contribution in [0.3, 0.4) is 0 Å². The molecular weight excluding hydrogens is 441 g/mol. The maximum Gasteiger partial charge on any atom is 0.226 e. The number of aliphatic hydroxyl groups excluding tert-OH is 3. The number of ether oxygens (including phenoxy) is 1. The minimum Gasteiger partial charge on any atom is -0.394 e. The normalized spacial score (nSPS) is 28.5. The molecule has 2 aromatic heterocycles. The van der Waals surface area contributed by atoms with Gasteiger partial charge in [-0.25, -0.2) is 9.37 Å². The lowest BCUT2D eigenvalue weighted by Crippen LogP contribution is -2.58. The minimum atomic E-state index is -1.26. The van der Waals surface area contributed by atoms with Crippen LogP contribution in [-0.4, -0.2) is 72.8 Å². The van der Waals surface area contributed by atoms with Gasteiger partial charge in [-0.1, -0.05) is 6.07 Å². The van der Waals surface area contributed by atoms with Gasteiger partial charge < -0.3 is 25.0 Å². The van der Waals surface area contributed by atoms with E-state index >= 15 is 0 Å². The first-order valence-corrected chi connectivity index (χ1v) is 10.8. The summed E-state index contributed by atoms with van der Waals surface area (Å²) in [5.41, 5.74) is 3.07. The summed E-state index contributed by atoms with van der Waals surface area (Å²) in [4.78, 5) is 15.2. The molecule has 4 heterocycles. The van der Waals surface area contributed by atoms with Gasteiger partial charge in [-0.05, 0) is 47.7 Å². The SMILES string of the molecule is OC[C@H]1O[C@@H](n2cnc3c(N4CC5(CCc6cc(F)ccc65)C4)nc(Cl)nc32)[C@@H](O)C1O. The van der Waals surface area contributed by atoms with Crippen molar-refractivity contribution in [2.45, 2.75) is 42.8 Å². The zero-order valence-corrected chi connectivity index (χ0v) is 17.7. The number of hydrogen-bond donors (Lipinski definition) is 3. The number of nitrogens with zero attached hydrogens (tertiary/aromatic N) is 5. The van der Waals surface area contributed by atoms with E-state index in [0.29, 0.717) is 30.1 Å². The van der Waals surface area contributed by atoms with E-state index in [9.17, 15) is 19.7 Å². The summed E-state index contributed by atoms with van der Waals surface area (Å²) in [6.07, 6.45) is -1.12. The molecular formula is C21H21ClFN5O4. The first-order valence-electron chi connectivity index (χ1n) is 10.5. The van der Waals surface area contributed by atoms with Crippen LogP contribution in [-0.2, 0) is 16.6 Å². The van der Waals surface area contributed by atoms with E-state index < -0.39 is 31.1 Å². The van der Waals surface area contributed by atoms with Gasteiger partial charge in [0.25, 0.3) is 0 Å². The molecule has 3 N–H and O–H groups in total. The van der Waals surface area contributed by atoms with Gasteiger partial charge in [0.2, 0.25) is 5.28 Å². The Kier molecular flexibility index (Phi) is 4.47. The van der Waals surface area contributed by atoms with E-state index in [1.807, 2.05) is 6.07 Å². The molecule has 6 rings (SSSR count). The molecule has 168 valence electrons. The Balaban J connectivity index is 1.33. The van der Waals surface area contributed by atoms with Gasteiger partial charge in [-0.3, -0.25) is 4.57 Å². The van der Waals surface area contributed by atoms with E-state index in [1.54, 1.807) is 6.07 Å². The van der Waals surface area contributed by atoms with Crippen LogP contribution in [0.15, 0.2) is 24.5 Å². The first-order chi connectivity index (χ1) is 15.4. The summed E-state index contributed by atoms with van der Waals surface area (Å²) in [5.74, 6) is 0.364. The fourth-order valence-electron chi connectivity index (χ4n) is 5.35. The van der Waals surface area contributed by atoms with Gasteiger partial charge in [0, 0.05) is 18.5 Å². The van der Waals surface area contributed by atoms with Crippen LogP contribution < -0.4 is 4.90 Å². The second-order valence-corrected chi connectivity index (χ2v) is 9.15. The second kappa shape index (κ2) is 7.06. The number of aromatic nitrogens is 4. The van der Waals surface area contributed by atoms with Gasteiger partial charge >= 0.3 is 0 Å². The summed E-state index contributed by atoms with van der Waals surface area (Å²) in [6.45, 7) is 0.979. The summed E-state index contributed by atoms with van der Waals surface area (Å²) >= 11 is 6.23. The lowest BCUT2D eigenvalue weighted by molar-refractivity contribution is -0.0511. The highest BCUT2D eigenvalue weighted by atomic mass is 35.5. The van der Waals surface area contributed by atoms with Crippen molar-refractivity contribution < 1.29 is 24.4 Å². The van der Waals surface area contributed by atoms with E-state index in [-0.39, 0.29) is 16.5 Å². The molecule has 3 aromatic rings. The first kappa shape index (κ1) is 20.3. The monoisotopic (exact) mass is 461 g/mol. The van der Waals surface area contributed by atoms with Gasteiger partial charge in [-0.2, -0.15) is 9.97 Å². The largest absolute Gasteiger partial charge is 0.394 e. The number of anilines is 1. The average molecular weight is 462 g/mol. The number of aliphatic hydroxyl groups is 3. The Morgan fingerprint density at radius 1 is 1.22 bits per heavy atom. The molecule has 0 amide bonds. The predicted octanol–water partition coefficient (Wildman–Crippen LogP) is 0.934. The summed E-state index contributed by atoms with van der Waals surface area (Å²) in [5, 5.41) is 29.9. The van der Waals surface area contributed by atoms with Gasteiger partial charge in [0.15, 0.2) is 23.2 Å². The third-order valence-corrected chi connectivity index (χ3v) is 7.13. The number of rotatable bonds is 3. The number of halogens is 2. The molecule has 0 saturated carbocycles. The summed E-state index contributed by atoms with van der Waals surface area (Å²) < 4.78 is 20.7. The van der Waals surface area contributed by atoms with Crippen LogP contribution >= 0.6 is 11.6 Å². The molecule has 2 aliphatic heterocycles. The van der Waals surface area contributed by atoms with Crippen molar-refractivity contribution in [1.29, 1.82) is 0 Å². The van der Waals surface area contributed by atoms with Crippen molar-refractivity contribution in [3.63, 3.8) is 0 Å². The average Bonchev–Trinajstić information content (AvgIpc) is 3.41. The minimum absolute atomic E-state index is 0.0239. The highest BCUT2D eigenvalue weighted by molar-refractivity contribution is 6.28. The zero-order valence-electron chi connectivity index (χ0n) is 16.9. The Morgan fingerprint density at radius 2 is 2.03 bits per heavy atom. The van der Waals surface area contributed by atoms with Crippen molar-refractivity contribution in [1.82, 2.24) is 19.5 Å². The maximum absolute atomic E-state index is 13.6. The quantitative estimate of drug-likeness (QED) is 0.493. The summed E-state index contributed by atoms with van der Waals surface area (Å²) in [7, 11) is 0. The van der Waals surface area contributed by atoms with E-state index in [4.69, 9.17) is 16.3 Å². The number of fused-ring (bicyclic) bond motifs is 3. The van der Waals surface area contributed by atoms with Gasteiger partial charge in [0.1, 0.15) is 24.1 Å². The fraction of sp³-hybridized carbons (Fsp3) is 0.476. The highest BCUT2D eigenvalue weighted by Crippen LogP contribution is 2.47. The third kappa shape index (κ3) is 2.80. The van der Waals surface area contributed by atoms with Crippen molar-refractivity contribution in [2.75, 3.05) is 24.6 Å². The molecule has 0 bridgehead atoms. The molecule has 9 nitrogen and oxygen atoms in total. The lowest BCUT2D eigenvalue weighted by atomic mass is 9.75. The molecule has 3 aliphatic rings. The maximum atomic E-state index is 13.6. The van der Waals surface area contributed by atoms with E-state index in [0.717, 1.165) is 18.4 Å². The molecule has 32 heavy (non-hydrogen) atoms. The topological polar surface area (TPSA) is 117 Å². The van der Waals surface area contributed by atoms with Crippen molar-refractivity contribution in [3.8, 4) is 0 Å². The fourth-order valence-corrected chi connectivity index (χ4v) is 5.51. The predicted molar refractivity (Wildman–Crippen MR) is 112 cm³/mol. The van der Waals surface area contributed by atoms with Crippen LogP contribution in [0.25, 0.3) is 11.2 Å². The third-order valence-electron chi connectivity index (χ3n) is 6.97. The van der Waals surface area contributed by atoms with Crippen molar-refractivity contribution >= 4 is 28.6 Å². The van der Waals surface area contributed by atoms with Gasteiger partial charge in [0.05, 0.1) is 12.9 Å². The van der Waals surface area contributed by atoms with Crippen LogP contribution in [0.2, 0.25) is 5.28 Å². The Hall–Kier alpha value is -2.37.